The van der Waals surface area contributed by atoms with Gasteiger partial charge in [0.1, 0.15) is 11.4 Å². The van der Waals surface area contributed by atoms with E-state index >= 15 is 0 Å². The van der Waals surface area contributed by atoms with E-state index in [9.17, 15) is 45.5 Å². The van der Waals surface area contributed by atoms with Crippen molar-refractivity contribution in [1.29, 1.82) is 0 Å². The van der Waals surface area contributed by atoms with E-state index in [-0.39, 0.29) is 34.3 Å². The van der Waals surface area contributed by atoms with Crippen molar-refractivity contribution < 1.29 is 45.5 Å². The third-order valence-electron chi connectivity index (χ3n) is 11.9. The molecule has 2 saturated heterocycles. The minimum absolute atomic E-state index is 0.0200. The molecule has 0 saturated carbocycles. The van der Waals surface area contributed by atoms with Crippen molar-refractivity contribution in [3.8, 4) is 0 Å². The number of ketones is 2. The number of nitrogens with one attached hydrogen (secondary N) is 3. The van der Waals surface area contributed by atoms with E-state index in [1.54, 1.807) is 22.2 Å². The van der Waals surface area contributed by atoms with E-state index in [4.69, 9.17) is 11.6 Å². The number of fused-ring (bicyclic) bond motifs is 2. The van der Waals surface area contributed by atoms with Crippen LogP contribution in [0, 0.1) is 0 Å². The number of anilines is 2. The normalized spacial score (nSPS) is 16.2. The van der Waals surface area contributed by atoms with Gasteiger partial charge in [0, 0.05) is 104 Å². The van der Waals surface area contributed by atoms with Crippen LogP contribution in [0.4, 0.5) is 37.7 Å². The standard InChI is InChI=1S/C24H26F3N5O2.C12H12ClNO.C12H15F3N4O/c1-3-16-11-19-17(12-21(16)33)10-15(13-29-19)14-31-6-8-32(9-7-31)20-5-4-18(23(34)28-2)30-22(20)24(25,26)27;1-2-9-4-11-10(5-12(9)15)3-8(6-13)7-14-11;1-16-11(20)8-2-3-9(10(18-8)12(13,14)15)19-6-4-17-5-7-19/h4-5,10-11,13H,3,6-9,12,14H2,1-2H3,(H,28,34);3-4,7H,2,5-6H2,1H3;2-3,17H,4-7H2,1H3,(H,16,20). The molecule has 2 aliphatic carbocycles. The summed E-state index contributed by atoms with van der Waals surface area (Å²) in [5, 5.41) is 7.64. The van der Waals surface area contributed by atoms with Crippen LogP contribution in [0.15, 0.2) is 59.9 Å². The zero-order valence-corrected chi connectivity index (χ0v) is 39.3. The number of hydrogen-bond acceptors (Lipinski definition) is 12. The summed E-state index contributed by atoms with van der Waals surface area (Å²) in [5.41, 5.74) is 4.69. The summed E-state index contributed by atoms with van der Waals surface area (Å²) in [4.78, 5) is 68.4. The summed E-state index contributed by atoms with van der Waals surface area (Å²) in [5.74, 6) is -0.526. The average molecular weight is 983 g/mol. The zero-order valence-electron chi connectivity index (χ0n) is 38.6. The molecule has 3 N–H and O–H groups in total. The molecule has 0 atom stereocenters. The molecular formula is C48H53ClF6N10O4. The molecule has 2 amide bonds. The Morgan fingerprint density at radius 2 is 1.10 bits per heavy atom. The lowest BCUT2D eigenvalue weighted by Crippen LogP contribution is -2.46. The Bertz CT molecular complexity index is 2610. The van der Waals surface area contributed by atoms with Gasteiger partial charge in [0.2, 0.25) is 0 Å². The molecule has 4 aromatic rings. The topological polar surface area (TPSA) is 166 Å². The molecule has 2 fully saturated rings. The monoisotopic (exact) mass is 982 g/mol. The lowest BCUT2D eigenvalue weighted by atomic mass is 9.92. The number of aromatic nitrogens is 4. The summed E-state index contributed by atoms with van der Waals surface area (Å²) < 4.78 is 80.3. The number of amides is 2. The molecule has 2 aliphatic heterocycles. The first-order valence-corrected chi connectivity index (χ1v) is 22.9. The molecule has 14 nitrogen and oxygen atoms in total. The fourth-order valence-corrected chi connectivity index (χ4v) is 8.30. The highest BCUT2D eigenvalue weighted by Crippen LogP contribution is 2.37. The number of allylic oxidation sites excluding steroid dienone is 2. The van der Waals surface area contributed by atoms with Crippen LogP contribution in [0.3, 0.4) is 0 Å². The summed E-state index contributed by atoms with van der Waals surface area (Å²) in [6.45, 7) is 8.64. The van der Waals surface area contributed by atoms with Crippen molar-refractivity contribution in [2.75, 3.05) is 76.3 Å². The number of hydrogen-bond donors (Lipinski definition) is 3. The number of piperazine rings is 2. The fraction of sp³-hybridized carbons (Fsp3) is 0.417. The van der Waals surface area contributed by atoms with Crippen LogP contribution in [-0.2, 0) is 47.2 Å². The zero-order chi connectivity index (χ0) is 50.0. The van der Waals surface area contributed by atoms with Gasteiger partial charge in [-0.1, -0.05) is 26.0 Å². The number of nitrogens with zero attached hydrogens (tertiary/aromatic N) is 7. The minimum atomic E-state index is -4.67. The van der Waals surface area contributed by atoms with E-state index < -0.39 is 35.6 Å². The van der Waals surface area contributed by atoms with Crippen molar-refractivity contribution in [3.63, 3.8) is 0 Å². The van der Waals surface area contributed by atoms with Crippen LogP contribution in [0.25, 0.3) is 12.2 Å². The van der Waals surface area contributed by atoms with E-state index in [2.05, 4.69) is 40.8 Å². The van der Waals surface area contributed by atoms with Crippen molar-refractivity contribution >= 4 is 58.5 Å². The predicted molar refractivity (Wildman–Crippen MR) is 250 cm³/mol. The predicted octanol–water partition coefficient (Wildman–Crippen LogP) is 6.70. The van der Waals surface area contributed by atoms with E-state index in [1.165, 1.54) is 38.4 Å². The summed E-state index contributed by atoms with van der Waals surface area (Å²) in [6.07, 6.45) is 0.321. The number of rotatable bonds is 9. The summed E-state index contributed by atoms with van der Waals surface area (Å²) >= 11 is 5.72. The SMILES string of the molecule is CCC1=Cc2ncc(CCl)cc2CC1=O.CCC1=Cc2ncc(CN3CCN(c4ccc(C(=O)NC)nc4C(F)(F)F)CC3)cc2CC1=O.CNC(=O)c1ccc(N2CCNCC2)c(C(F)(F)F)n1. The van der Waals surface area contributed by atoms with Gasteiger partial charge >= 0.3 is 12.4 Å². The molecule has 0 unspecified atom stereocenters. The van der Waals surface area contributed by atoms with Crippen molar-refractivity contribution in [2.45, 2.75) is 64.3 Å². The first kappa shape index (κ1) is 52.1. The van der Waals surface area contributed by atoms with Gasteiger partial charge in [-0.2, -0.15) is 26.3 Å². The Hall–Kier alpha value is -6.25. The van der Waals surface area contributed by atoms with Crippen molar-refractivity contribution in [1.82, 2.24) is 40.8 Å². The molecule has 368 valence electrons. The van der Waals surface area contributed by atoms with Crippen LogP contribution >= 0.6 is 11.6 Å². The number of pyridine rings is 4. The highest BCUT2D eigenvalue weighted by Gasteiger charge is 2.39. The quantitative estimate of drug-likeness (QED) is 0.120. The number of alkyl halides is 7. The van der Waals surface area contributed by atoms with Crippen LogP contribution in [-0.4, -0.2) is 115 Å². The second kappa shape index (κ2) is 22.9. The lowest BCUT2D eigenvalue weighted by molar-refractivity contribution is -0.141. The maximum absolute atomic E-state index is 13.7. The molecule has 6 heterocycles. The third-order valence-corrected chi connectivity index (χ3v) is 12.2. The summed E-state index contributed by atoms with van der Waals surface area (Å²) in [6, 6.07) is 9.22. The number of Topliss-reactive ketones (excluding diaryl/α,β-unsaturated/α-hetero) is 2. The van der Waals surface area contributed by atoms with Gasteiger partial charge in [0.05, 0.1) is 22.8 Å². The molecule has 0 radical (unpaired) electrons. The van der Waals surface area contributed by atoms with Gasteiger partial charge in [-0.05, 0) is 82.7 Å². The largest absolute Gasteiger partial charge is 0.435 e. The Morgan fingerprint density at radius 1 is 0.667 bits per heavy atom. The lowest BCUT2D eigenvalue weighted by Gasteiger charge is -2.37. The molecule has 21 heteroatoms. The Kier molecular flexibility index (Phi) is 17.3. The smallest absolute Gasteiger partial charge is 0.367 e. The Balaban J connectivity index is 0.000000188. The maximum Gasteiger partial charge on any atom is 0.435 e. The number of halogens is 7. The number of carbonyl (C=O) groups excluding carboxylic acids is 4. The van der Waals surface area contributed by atoms with E-state index in [0.717, 1.165) is 51.2 Å². The van der Waals surface area contributed by atoms with Crippen LogP contribution in [0.1, 0.15) is 92.7 Å². The first-order valence-electron chi connectivity index (χ1n) is 22.4. The molecule has 0 bridgehead atoms. The Labute approximate surface area is 400 Å². The van der Waals surface area contributed by atoms with Crippen LogP contribution in [0.2, 0.25) is 0 Å². The van der Waals surface area contributed by atoms with Gasteiger partial charge in [-0.25, -0.2) is 9.97 Å². The number of carbonyl (C=O) groups is 4. The van der Waals surface area contributed by atoms with Crippen molar-refractivity contribution in [3.05, 3.63) is 116 Å². The molecule has 0 spiro atoms. The molecule has 0 aromatic carbocycles. The van der Waals surface area contributed by atoms with E-state index in [1.807, 2.05) is 38.1 Å². The molecule has 4 aromatic heterocycles. The first-order chi connectivity index (χ1) is 32.9. The molecule has 4 aliphatic rings. The second-order valence-corrected chi connectivity index (χ2v) is 16.7. The van der Waals surface area contributed by atoms with E-state index in [0.29, 0.717) is 84.0 Å². The van der Waals surface area contributed by atoms with Crippen LogP contribution < -0.4 is 25.8 Å². The minimum Gasteiger partial charge on any atom is -0.367 e. The van der Waals surface area contributed by atoms with Gasteiger partial charge in [-0.15, -0.1) is 11.6 Å². The average Bonchev–Trinajstić information content (AvgIpc) is 3.35. The fourth-order valence-electron chi connectivity index (χ4n) is 8.16. The summed E-state index contributed by atoms with van der Waals surface area (Å²) in [7, 11) is 2.70. The van der Waals surface area contributed by atoms with Crippen molar-refractivity contribution in [2.24, 2.45) is 0 Å². The Morgan fingerprint density at radius 3 is 1.52 bits per heavy atom. The highest BCUT2D eigenvalue weighted by atomic mass is 35.5. The molecule has 69 heavy (non-hydrogen) atoms. The molecular weight excluding hydrogens is 930 g/mol. The van der Waals surface area contributed by atoms with Crippen LogP contribution in [0.5, 0.6) is 0 Å². The highest BCUT2D eigenvalue weighted by molar-refractivity contribution is 6.17. The van der Waals surface area contributed by atoms with Gasteiger partial charge in [0.15, 0.2) is 23.0 Å². The van der Waals surface area contributed by atoms with Gasteiger partial charge < -0.3 is 25.8 Å². The maximum atomic E-state index is 13.7. The second-order valence-electron chi connectivity index (χ2n) is 16.4. The van der Waals surface area contributed by atoms with Gasteiger partial charge in [0.25, 0.3) is 11.8 Å². The third kappa shape index (κ3) is 13.1. The molecule has 8 rings (SSSR count). The van der Waals surface area contributed by atoms with Gasteiger partial charge in [-0.3, -0.25) is 34.0 Å².